The van der Waals surface area contributed by atoms with Gasteiger partial charge in [-0.2, -0.15) is 0 Å². The molecule has 2 nitrogen and oxygen atoms in total. The van der Waals surface area contributed by atoms with Gasteiger partial charge in [0, 0.05) is 10.5 Å². The lowest BCUT2D eigenvalue weighted by Crippen LogP contribution is -2.35. The zero-order valence-corrected chi connectivity index (χ0v) is 13.8. The summed E-state index contributed by atoms with van der Waals surface area (Å²) in [5, 5.41) is 4.84. The zero-order valence-electron chi connectivity index (χ0n) is 11.5. The first-order valence-corrected chi connectivity index (χ1v) is 8.33. The van der Waals surface area contributed by atoms with Gasteiger partial charge < -0.3 is 10.1 Å². The van der Waals surface area contributed by atoms with E-state index in [0.29, 0.717) is 16.7 Å². The average molecular weight is 340 g/mol. The van der Waals surface area contributed by atoms with Gasteiger partial charge in [0.15, 0.2) is 0 Å². The quantitative estimate of drug-likeness (QED) is 0.867. The molecule has 0 bridgehead atoms. The lowest BCUT2D eigenvalue weighted by Gasteiger charge is -2.33. The molecule has 0 spiro atoms. The van der Waals surface area contributed by atoms with Gasteiger partial charge in [-0.25, -0.2) is 0 Å². The molecule has 0 aromatic heterocycles. The molecule has 0 fully saturated rings. The Morgan fingerprint density at radius 3 is 2.71 bits per heavy atom. The van der Waals surface area contributed by atoms with Crippen LogP contribution in [0.1, 0.15) is 11.6 Å². The summed E-state index contributed by atoms with van der Waals surface area (Å²) < 4.78 is 5.87. The molecule has 0 aliphatic carbocycles. The van der Waals surface area contributed by atoms with Crippen molar-refractivity contribution in [2.45, 2.75) is 16.2 Å². The van der Waals surface area contributed by atoms with Gasteiger partial charge in [0.2, 0.25) is 0 Å². The Balaban J connectivity index is 1.84. The molecule has 2 aromatic carbocycles. The second-order valence-electron chi connectivity index (χ2n) is 4.85. The number of benzene rings is 2. The molecule has 1 N–H and O–H groups in total. The topological polar surface area (TPSA) is 21.3 Å². The fourth-order valence-electron chi connectivity index (χ4n) is 2.51. The zero-order chi connectivity index (χ0) is 14.8. The minimum atomic E-state index is 0.245. The number of halogens is 2. The van der Waals surface area contributed by atoms with Crippen molar-refractivity contribution in [3.8, 4) is 5.75 Å². The van der Waals surface area contributed by atoms with Crippen LogP contribution >= 0.6 is 35.0 Å². The minimum Gasteiger partial charge on any atom is -0.492 e. The smallest absolute Gasteiger partial charge is 0.124 e. The molecule has 3 rings (SSSR count). The normalized spacial score (nSPS) is 20.7. The summed E-state index contributed by atoms with van der Waals surface area (Å²) >= 11 is 13.8. The number of ether oxygens (including phenoxy) is 1. The molecule has 2 aromatic rings. The molecule has 110 valence electrons. The molecule has 0 radical (unpaired) electrons. The van der Waals surface area contributed by atoms with Crippen LogP contribution in [0, 0.1) is 0 Å². The average Bonchev–Trinajstić information content (AvgIpc) is 2.51. The van der Waals surface area contributed by atoms with Crippen LogP contribution in [0.4, 0.5) is 0 Å². The van der Waals surface area contributed by atoms with Crippen LogP contribution in [0.25, 0.3) is 0 Å². The molecule has 5 heteroatoms. The molecule has 2 unspecified atom stereocenters. The van der Waals surface area contributed by atoms with Crippen molar-refractivity contribution in [3.05, 3.63) is 58.1 Å². The van der Waals surface area contributed by atoms with E-state index in [9.17, 15) is 0 Å². The van der Waals surface area contributed by atoms with Gasteiger partial charge in [-0.05, 0) is 31.3 Å². The molecule has 0 saturated heterocycles. The maximum atomic E-state index is 6.09. The van der Waals surface area contributed by atoms with Crippen molar-refractivity contribution < 1.29 is 4.74 Å². The SMILES string of the molecule is CNC1c2ccccc2OCC1Sc1ccc(Cl)c(Cl)c1. The first-order chi connectivity index (χ1) is 10.2. The molecule has 21 heavy (non-hydrogen) atoms. The van der Waals surface area contributed by atoms with E-state index in [1.165, 1.54) is 5.56 Å². The highest BCUT2D eigenvalue weighted by atomic mass is 35.5. The summed E-state index contributed by atoms with van der Waals surface area (Å²) in [5.74, 6) is 0.961. The number of para-hydroxylation sites is 1. The van der Waals surface area contributed by atoms with Crippen LogP contribution in [0.5, 0.6) is 5.75 Å². The number of thioether (sulfide) groups is 1. The first kappa shape index (κ1) is 15.0. The van der Waals surface area contributed by atoms with Crippen molar-refractivity contribution in [2.75, 3.05) is 13.7 Å². The third-order valence-electron chi connectivity index (χ3n) is 3.52. The number of nitrogens with one attached hydrogen (secondary N) is 1. The molecule has 1 aliphatic heterocycles. The van der Waals surface area contributed by atoms with E-state index in [1.807, 2.05) is 43.4 Å². The van der Waals surface area contributed by atoms with E-state index in [4.69, 9.17) is 27.9 Å². The Kier molecular flexibility index (Phi) is 4.65. The molecule has 0 amide bonds. The fraction of sp³-hybridized carbons (Fsp3) is 0.250. The van der Waals surface area contributed by atoms with Gasteiger partial charge in [0.05, 0.1) is 21.3 Å². The molecule has 0 saturated carbocycles. The maximum Gasteiger partial charge on any atom is 0.124 e. The van der Waals surface area contributed by atoms with E-state index in [0.717, 1.165) is 10.6 Å². The van der Waals surface area contributed by atoms with Crippen molar-refractivity contribution in [2.24, 2.45) is 0 Å². The highest BCUT2D eigenvalue weighted by Gasteiger charge is 2.30. The van der Waals surface area contributed by atoms with Gasteiger partial charge in [-0.15, -0.1) is 11.8 Å². The number of hydrogen-bond donors (Lipinski definition) is 1. The van der Waals surface area contributed by atoms with E-state index in [-0.39, 0.29) is 11.3 Å². The molecule has 1 heterocycles. The Hall–Kier alpha value is -0.870. The number of rotatable bonds is 3. The second-order valence-corrected chi connectivity index (χ2v) is 6.97. The van der Waals surface area contributed by atoms with Gasteiger partial charge in [0.25, 0.3) is 0 Å². The van der Waals surface area contributed by atoms with Crippen LogP contribution in [0.3, 0.4) is 0 Å². The van der Waals surface area contributed by atoms with Gasteiger partial charge in [0.1, 0.15) is 12.4 Å². The van der Waals surface area contributed by atoms with Crippen molar-refractivity contribution in [1.29, 1.82) is 0 Å². The number of fused-ring (bicyclic) bond motifs is 1. The van der Waals surface area contributed by atoms with Crippen LogP contribution < -0.4 is 10.1 Å². The number of hydrogen-bond acceptors (Lipinski definition) is 3. The van der Waals surface area contributed by atoms with E-state index < -0.39 is 0 Å². The van der Waals surface area contributed by atoms with Crippen LogP contribution in [-0.2, 0) is 0 Å². The fourth-order valence-corrected chi connectivity index (χ4v) is 4.11. The first-order valence-electron chi connectivity index (χ1n) is 6.69. The standard InChI is InChI=1S/C16H15Cl2NOS/c1-19-16-11-4-2-3-5-14(11)20-9-15(16)21-10-6-7-12(17)13(18)8-10/h2-8,15-16,19H,9H2,1H3. The summed E-state index contributed by atoms with van der Waals surface area (Å²) in [4.78, 5) is 1.10. The molecular formula is C16H15Cl2NOS. The van der Waals surface area contributed by atoms with E-state index in [2.05, 4.69) is 11.4 Å². The predicted octanol–water partition coefficient (Wildman–Crippen LogP) is 4.81. The van der Waals surface area contributed by atoms with Gasteiger partial charge in [-0.1, -0.05) is 41.4 Å². The van der Waals surface area contributed by atoms with Crippen molar-refractivity contribution in [3.63, 3.8) is 0 Å². The van der Waals surface area contributed by atoms with Crippen LogP contribution in [-0.4, -0.2) is 18.9 Å². The summed E-state index contributed by atoms with van der Waals surface area (Å²) in [6.07, 6.45) is 0. The Morgan fingerprint density at radius 1 is 1.14 bits per heavy atom. The monoisotopic (exact) mass is 339 g/mol. The third kappa shape index (κ3) is 3.16. The van der Waals surface area contributed by atoms with E-state index in [1.54, 1.807) is 11.8 Å². The summed E-state index contributed by atoms with van der Waals surface area (Å²) in [7, 11) is 1.98. The lowest BCUT2D eigenvalue weighted by atomic mass is 10.0. The summed E-state index contributed by atoms with van der Waals surface area (Å²) in [6.45, 7) is 0.660. The van der Waals surface area contributed by atoms with Gasteiger partial charge >= 0.3 is 0 Å². The summed E-state index contributed by atoms with van der Waals surface area (Å²) in [6, 6.07) is 14.1. The van der Waals surface area contributed by atoms with Crippen molar-refractivity contribution in [1.82, 2.24) is 5.32 Å². The molecule has 1 aliphatic rings. The second kappa shape index (κ2) is 6.49. The lowest BCUT2D eigenvalue weighted by molar-refractivity contribution is 0.265. The van der Waals surface area contributed by atoms with Gasteiger partial charge in [-0.3, -0.25) is 0 Å². The maximum absolute atomic E-state index is 6.09. The Labute approximate surface area is 138 Å². The molecular weight excluding hydrogens is 325 g/mol. The Bertz CT molecular complexity index is 650. The highest BCUT2D eigenvalue weighted by Crippen LogP contribution is 2.40. The minimum absolute atomic E-state index is 0.245. The highest BCUT2D eigenvalue weighted by molar-refractivity contribution is 8.00. The predicted molar refractivity (Wildman–Crippen MR) is 89.8 cm³/mol. The summed E-state index contributed by atoms with van der Waals surface area (Å²) in [5.41, 5.74) is 1.20. The van der Waals surface area contributed by atoms with E-state index >= 15 is 0 Å². The molecule has 2 atom stereocenters. The van der Waals surface area contributed by atoms with Crippen molar-refractivity contribution >= 4 is 35.0 Å². The van der Waals surface area contributed by atoms with Crippen LogP contribution in [0.2, 0.25) is 10.0 Å². The van der Waals surface area contributed by atoms with Crippen LogP contribution in [0.15, 0.2) is 47.4 Å². The third-order valence-corrected chi connectivity index (χ3v) is 5.49. The largest absolute Gasteiger partial charge is 0.492 e. The Morgan fingerprint density at radius 2 is 1.95 bits per heavy atom.